The topological polar surface area (TPSA) is 55.7 Å². The third-order valence-corrected chi connectivity index (χ3v) is 3.36. The largest absolute Gasteiger partial charge is 0.344 e. The molecule has 1 atom stereocenters. The van der Waals surface area contributed by atoms with Crippen molar-refractivity contribution in [2.24, 2.45) is 0 Å². The maximum Gasteiger partial charge on any atom is 0.199 e. The molecule has 2 rings (SSSR count). The summed E-state index contributed by atoms with van der Waals surface area (Å²) in [6.45, 7) is 0.834. The molecule has 0 saturated heterocycles. The minimum Gasteiger partial charge on any atom is -0.344 e. The smallest absolute Gasteiger partial charge is 0.199 e. The molecule has 0 fully saturated rings. The van der Waals surface area contributed by atoms with Crippen molar-refractivity contribution in [3.63, 3.8) is 0 Å². The first-order chi connectivity index (χ1) is 7.83. The van der Waals surface area contributed by atoms with E-state index < -0.39 is 0 Å². The van der Waals surface area contributed by atoms with Gasteiger partial charge in [-0.3, -0.25) is 14.6 Å². The van der Waals surface area contributed by atoms with E-state index in [9.17, 15) is 0 Å². The van der Waals surface area contributed by atoms with Gasteiger partial charge in [0.2, 0.25) is 0 Å². The number of H-pyrrole nitrogens is 1. The first-order valence-corrected chi connectivity index (χ1v) is 8.80. The Morgan fingerprint density at radius 1 is 1.62 bits per heavy atom. The number of rotatable bonds is 4. The van der Waals surface area contributed by atoms with Crippen molar-refractivity contribution >= 4 is 40.7 Å². The molecule has 1 unspecified atom stereocenters. The Balaban J connectivity index is 2.40. The average Bonchev–Trinajstić information content (AvgIpc) is 2.69. The van der Waals surface area contributed by atoms with Crippen molar-refractivity contribution in [2.75, 3.05) is 0 Å². The lowest BCUT2D eigenvalue weighted by Crippen LogP contribution is -2.01. The van der Waals surface area contributed by atoms with Crippen molar-refractivity contribution in [3.05, 3.63) is 35.1 Å². The summed E-state index contributed by atoms with van der Waals surface area (Å²) in [5.41, 5.74) is 0.886. The fourth-order valence-electron chi connectivity index (χ4n) is 1.27. The summed E-state index contributed by atoms with van der Waals surface area (Å²) < 4.78 is 7.70. The fourth-order valence-corrected chi connectivity index (χ4v) is 2.18. The number of pyridine rings is 1. The van der Waals surface area contributed by atoms with Gasteiger partial charge in [-0.2, -0.15) is 5.10 Å². The van der Waals surface area contributed by atoms with Crippen LogP contribution >= 0.6 is 40.7 Å². The van der Waals surface area contributed by atoms with Gasteiger partial charge in [0, 0.05) is 6.20 Å². The Bertz CT molecular complexity index is 514. The molecule has 16 heavy (non-hydrogen) atoms. The van der Waals surface area contributed by atoms with Crippen LogP contribution in [0.4, 0.5) is 0 Å². The van der Waals surface area contributed by atoms with Crippen LogP contribution in [0.2, 0.25) is 0 Å². The normalized spacial score (nSPS) is 11.3. The minimum atomic E-state index is 0.400. The summed E-state index contributed by atoms with van der Waals surface area (Å²) in [7, 11) is 0. The van der Waals surface area contributed by atoms with E-state index >= 15 is 0 Å². The Kier molecular flexibility index (Phi) is 4.39. The van der Waals surface area contributed by atoms with Crippen LogP contribution in [0.1, 0.15) is 5.82 Å². The molecule has 0 radical (unpaired) electrons. The van der Waals surface area contributed by atoms with Gasteiger partial charge in [-0.15, -0.1) is 0 Å². The summed E-state index contributed by atoms with van der Waals surface area (Å²) in [6, 6.07) is 3.78. The van der Waals surface area contributed by atoms with Gasteiger partial charge >= 0.3 is 0 Å². The van der Waals surface area contributed by atoms with Crippen LogP contribution < -0.4 is 0 Å². The number of aromatic nitrogens is 4. The molecule has 0 aliphatic carbocycles. The summed E-state index contributed by atoms with van der Waals surface area (Å²) in [5, 5.41) is 6.88. The molecule has 0 aromatic carbocycles. The molecule has 0 amide bonds. The van der Waals surface area contributed by atoms with Gasteiger partial charge in [-0.1, -0.05) is 0 Å². The zero-order valence-electron chi connectivity index (χ0n) is 8.05. The Labute approximate surface area is 112 Å². The average molecular weight is 366 g/mol. The van der Waals surface area contributed by atoms with Crippen LogP contribution in [-0.2, 0) is 11.1 Å². The van der Waals surface area contributed by atoms with Crippen molar-refractivity contribution in [1.29, 1.82) is 0 Å². The summed E-state index contributed by atoms with van der Waals surface area (Å²) in [5.74, 6) is 0.752. The second kappa shape index (κ2) is 5.81. The molecule has 0 aliphatic heterocycles. The fraction of sp³-hybridized carbons (Fsp3) is 0.125. The summed E-state index contributed by atoms with van der Waals surface area (Å²) in [4.78, 5) is 4.05. The number of nitrogens with one attached hydrogen (secondary N) is 1. The van der Waals surface area contributed by atoms with Crippen molar-refractivity contribution < 1.29 is 4.52 Å². The molecule has 0 saturated carbocycles. The van der Waals surface area contributed by atoms with E-state index in [2.05, 4.69) is 37.2 Å². The molecule has 0 aliphatic rings. The predicted molar refractivity (Wildman–Crippen MR) is 73.7 cm³/mol. The second-order valence-corrected chi connectivity index (χ2v) is 5.01. The van der Waals surface area contributed by atoms with Crippen LogP contribution in [0.25, 0.3) is 5.69 Å². The highest BCUT2D eigenvalue weighted by Crippen LogP contribution is 2.23. The SMILES string of the molecule is S=c1[nH]nc(COPI)n1-c1cccnc1. The maximum atomic E-state index is 5.34. The van der Waals surface area contributed by atoms with E-state index in [4.69, 9.17) is 16.7 Å². The number of hydrogen-bond donors (Lipinski definition) is 1. The molecule has 2 aromatic heterocycles. The summed E-state index contributed by atoms with van der Waals surface area (Å²) >= 11 is 7.33. The molecule has 8 heteroatoms. The highest BCUT2D eigenvalue weighted by atomic mass is 127. The van der Waals surface area contributed by atoms with Crippen molar-refractivity contribution in [1.82, 2.24) is 19.7 Å². The monoisotopic (exact) mass is 366 g/mol. The first-order valence-electron chi connectivity index (χ1n) is 4.37. The van der Waals surface area contributed by atoms with E-state index in [1.54, 1.807) is 12.4 Å². The Hall–Kier alpha value is -0.370. The zero-order valence-corrected chi connectivity index (χ0v) is 12.0. The molecule has 2 aromatic rings. The number of halogens is 1. The van der Waals surface area contributed by atoms with Gasteiger partial charge in [0.25, 0.3) is 0 Å². The third-order valence-electron chi connectivity index (χ3n) is 1.90. The second-order valence-electron chi connectivity index (χ2n) is 2.86. The molecule has 2 heterocycles. The van der Waals surface area contributed by atoms with Gasteiger partial charge in [-0.05, 0) is 46.4 Å². The number of nitrogens with zero attached hydrogens (tertiary/aromatic N) is 3. The van der Waals surface area contributed by atoms with E-state index in [0.717, 1.165) is 11.5 Å². The molecule has 5 nitrogen and oxygen atoms in total. The van der Waals surface area contributed by atoms with Gasteiger partial charge < -0.3 is 4.52 Å². The lowest BCUT2D eigenvalue weighted by Gasteiger charge is -2.05. The van der Waals surface area contributed by atoms with E-state index in [0.29, 0.717) is 17.8 Å². The zero-order chi connectivity index (χ0) is 11.4. The summed E-state index contributed by atoms with van der Waals surface area (Å²) in [6.07, 6.45) is 3.46. The van der Waals surface area contributed by atoms with Crippen LogP contribution in [0.3, 0.4) is 0 Å². The highest BCUT2D eigenvalue weighted by molar-refractivity contribution is 14.2. The number of aromatic amines is 1. The lowest BCUT2D eigenvalue weighted by atomic mass is 10.4. The predicted octanol–water partition coefficient (Wildman–Crippen LogP) is 2.78. The molecule has 1 N–H and O–H groups in total. The Morgan fingerprint density at radius 3 is 3.19 bits per heavy atom. The highest BCUT2D eigenvalue weighted by Gasteiger charge is 2.07. The molecule has 84 valence electrons. The molecule has 0 bridgehead atoms. The first kappa shape index (κ1) is 12.1. The molecular weight excluding hydrogens is 358 g/mol. The van der Waals surface area contributed by atoms with Crippen LogP contribution in [0, 0.1) is 4.77 Å². The van der Waals surface area contributed by atoms with Crippen LogP contribution in [0.15, 0.2) is 24.5 Å². The number of hydrogen-bond acceptors (Lipinski definition) is 4. The van der Waals surface area contributed by atoms with Gasteiger partial charge in [0.05, 0.1) is 18.3 Å². The standard InChI is InChI=1S/C8H8IN4OPS/c9-15-14-5-7-11-12-8(16)13(7)6-2-1-3-10-4-6/h1-4,15H,5H2,(H,12,16). The van der Waals surface area contributed by atoms with Crippen molar-refractivity contribution in [2.45, 2.75) is 6.61 Å². The third kappa shape index (κ3) is 2.65. The van der Waals surface area contributed by atoms with Gasteiger partial charge in [0.1, 0.15) is 6.61 Å². The van der Waals surface area contributed by atoms with Crippen LogP contribution in [0.5, 0.6) is 0 Å². The minimum absolute atomic E-state index is 0.400. The molecule has 0 spiro atoms. The van der Waals surface area contributed by atoms with Crippen molar-refractivity contribution in [3.8, 4) is 5.69 Å². The van der Waals surface area contributed by atoms with E-state index in [1.165, 1.54) is 0 Å². The maximum absolute atomic E-state index is 5.34. The van der Waals surface area contributed by atoms with Gasteiger partial charge in [-0.25, -0.2) is 0 Å². The Morgan fingerprint density at radius 2 is 2.50 bits per heavy atom. The molecular formula is C8H8IN4OPS. The van der Waals surface area contributed by atoms with E-state index in [-0.39, 0.29) is 0 Å². The van der Waals surface area contributed by atoms with Gasteiger partial charge in [0.15, 0.2) is 10.6 Å². The lowest BCUT2D eigenvalue weighted by molar-refractivity contribution is 0.344. The quantitative estimate of drug-likeness (QED) is 0.514. The van der Waals surface area contributed by atoms with E-state index in [1.807, 2.05) is 16.7 Å². The van der Waals surface area contributed by atoms with Crippen LogP contribution in [-0.4, -0.2) is 19.7 Å².